The third-order valence-electron chi connectivity index (χ3n) is 4.35. The van der Waals surface area contributed by atoms with Crippen LogP contribution in [0.15, 0.2) is 42.5 Å². The fourth-order valence-electron chi connectivity index (χ4n) is 3.00. The van der Waals surface area contributed by atoms with Gasteiger partial charge < -0.3 is 19.9 Å². The molecule has 0 aliphatic carbocycles. The Balaban J connectivity index is 1.40. The molecule has 4 nitrogen and oxygen atoms in total. The van der Waals surface area contributed by atoms with Crippen LogP contribution >= 0.6 is 0 Å². The molecule has 4 heteroatoms. The molecule has 0 fully saturated rings. The lowest BCUT2D eigenvalue weighted by atomic mass is 9.99. The van der Waals surface area contributed by atoms with Crippen LogP contribution in [0.5, 0.6) is 17.2 Å². The van der Waals surface area contributed by atoms with Gasteiger partial charge in [0, 0.05) is 17.8 Å². The van der Waals surface area contributed by atoms with Crippen LogP contribution in [-0.4, -0.2) is 19.8 Å². The number of anilines is 1. The fourth-order valence-corrected chi connectivity index (χ4v) is 3.00. The van der Waals surface area contributed by atoms with Gasteiger partial charge in [0.2, 0.25) is 0 Å². The van der Waals surface area contributed by atoms with E-state index in [1.165, 1.54) is 5.56 Å². The van der Waals surface area contributed by atoms with E-state index in [1.54, 1.807) is 7.11 Å². The molecule has 2 aromatic carbocycles. The Hall–Kier alpha value is -2.36. The third kappa shape index (κ3) is 4.34. The lowest BCUT2D eigenvalue weighted by Gasteiger charge is -2.26. The number of unbranched alkanes of at least 4 members (excludes halogenated alkanes) is 1. The second-order valence-electron chi connectivity index (χ2n) is 6.17. The predicted octanol–water partition coefficient (Wildman–Crippen LogP) is 4.22. The Bertz CT molecular complexity index is 672. The van der Waals surface area contributed by atoms with Crippen molar-refractivity contribution in [2.75, 3.05) is 19.5 Å². The van der Waals surface area contributed by atoms with Crippen LogP contribution < -0.4 is 19.9 Å². The molecule has 128 valence electrons. The Labute approximate surface area is 143 Å². The molecule has 0 radical (unpaired) electrons. The minimum absolute atomic E-state index is 0.289. The van der Waals surface area contributed by atoms with E-state index < -0.39 is 0 Å². The average molecular weight is 327 g/mol. The van der Waals surface area contributed by atoms with E-state index in [0.29, 0.717) is 6.61 Å². The summed E-state index contributed by atoms with van der Waals surface area (Å²) in [6.07, 6.45) is 5.60. The largest absolute Gasteiger partial charge is 0.497 e. The number of benzene rings is 2. The number of fused-ring (bicyclic) bond motifs is 1. The van der Waals surface area contributed by atoms with Gasteiger partial charge in [-0.1, -0.05) is 12.1 Å². The fraction of sp³-hybridized carbons (Fsp3) is 0.400. The van der Waals surface area contributed by atoms with Crippen LogP contribution in [0.25, 0.3) is 0 Å². The predicted molar refractivity (Wildman–Crippen MR) is 95.9 cm³/mol. The summed E-state index contributed by atoms with van der Waals surface area (Å²) in [4.78, 5) is 0. The zero-order chi connectivity index (χ0) is 16.8. The molecular weight excluding hydrogens is 302 g/mol. The maximum atomic E-state index is 6.12. The van der Waals surface area contributed by atoms with E-state index in [-0.39, 0.29) is 6.10 Å². The molecule has 3 rings (SSSR count). The summed E-state index contributed by atoms with van der Waals surface area (Å²) in [5.74, 6) is 2.66. The summed E-state index contributed by atoms with van der Waals surface area (Å²) in [6, 6.07) is 13.6. The van der Waals surface area contributed by atoms with Crippen molar-refractivity contribution < 1.29 is 14.2 Å². The van der Waals surface area contributed by atoms with Crippen molar-refractivity contribution in [1.29, 1.82) is 0 Å². The molecule has 0 saturated heterocycles. The molecule has 1 unspecified atom stereocenters. The van der Waals surface area contributed by atoms with Gasteiger partial charge in [-0.2, -0.15) is 0 Å². The standard InChI is InChI=1S/C20H25NO3/c1-22-18-11-9-15-8-10-17(24-20(15)14-18)6-2-3-12-23-19-7-4-5-16(21)13-19/h4-5,7,9,11,13-14,17H,2-3,6,8,10,12,21H2,1H3. The number of rotatable bonds is 7. The van der Waals surface area contributed by atoms with Gasteiger partial charge in [0.15, 0.2) is 0 Å². The highest BCUT2D eigenvalue weighted by Crippen LogP contribution is 2.32. The number of ether oxygens (including phenoxy) is 3. The van der Waals surface area contributed by atoms with Gasteiger partial charge >= 0.3 is 0 Å². The molecule has 1 heterocycles. The number of hydrogen-bond donors (Lipinski definition) is 1. The van der Waals surface area contributed by atoms with Crippen molar-refractivity contribution >= 4 is 5.69 Å². The van der Waals surface area contributed by atoms with Crippen molar-refractivity contribution in [3.8, 4) is 17.2 Å². The van der Waals surface area contributed by atoms with Crippen molar-refractivity contribution in [1.82, 2.24) is 0 Å². The molecule has 0 amide bonds. The Kier molecular flexibility index (Phi) is 5.47. The Morgan fingerprint density at radius 1 is 1.12 bits per heavy atom. The normalized spacial score (nSPS) is 16.1. The summed E-state index contributed by atoms with van der Waals surface area (Å²) in [5.41, 5.74) is 7.75. The zero-order valence-corrected chi connectivity index (χ0v) is 14.2. The third-order valence-corrected chi connectivity index (χ3v) is 4.35. The first-order chi connectivity index (χ1) is 11.7. The first kappa shape index (κ1) is 16.5. The molecule has 2 N–H and O–H groups in total. The van der Waals surface area contributed by atoms with Gasteiger partial charge in [0.25, 0.3) is 0 Å². The van der Waals surface area contributed by atoms with Gasteiger partial charge in [0.1, 0.15) is 17.2 Å². The first-order valence-electron chi connectivity index (χ1n) is 8.56. The summed E-state index contributed by atoms with van der Waals surface area (Å²) < 4.78 is 17.1. The van der Waals surface area contributed by atoms with Crippen LogP contribution in [0.3, 0.4) is 0 Å². The van der Waals surface area contributed by atoms with Crippen molar-refractivity contribution in [3.05, 3.63) is 48.0 Å². The molecule has 0 bridgehead atoms. The van der Waals surface area contributed by atoms with Crippen LogP contribution in [0, 0.1) is 0 Å². The lowest BCUT2D eigenvalue weighted by Crippen LogP contribution is -2.22. The molecule has 0 saturated carbocycles. The summed E-state index contributed by atoms with van der Waals surface area (Å²) in [6.45, 7) is 0.709. The maximum absolute atomic E-state index is 6.12. The monoisotopic (exact) mass is 327 g/mol. The van der Waals surface area contributed by atoms with Crippen LogP contribution in [0.2, 0.25) is 0 Å². The summed E-state index contributed by atoms with van der Waals surface area (Å²) >= 11 is 0. The van der Waals surface area contributed by atoms with Gasteiger partial charge in [0.05, 0.1) is 19.8 Å². The van der Waals surface area contributed by atoms with Crippen molar-refractivity contribution in [3.63, 3.8) is 0 Å². The average Bonchev–Trinajstić information content (AvgIpc) is 2.61. The van der Waals surface area contributed by atoms with E-state index >= 15 is 0 Å². The zero-order valence-electron chi connectivity index (χ0n) is 14.2. The highest BCUT2D eigenvalue weighted by Gasteiger charge is 2.19. The molecule has 1 aliphatic rings. The van der Waals surface area contributed by atoms with Gasteiger partial charge in [-0.05, 0) is 55.9 Å². The van der Waals surface area contributed by atoms with Crippen molar-refractivity contribution in [2.45, 2.75) is 38.2 Å². The van der Waals surface area contributed by atoms with E-state index in [1.807, 2.05) is 36.4 Å². The highest BCUT2D eigenvalue weighted by atomic mass is 16.5. The minimum atomic E-state index is 0.289. The highest BCUT2D eigenvalue weighted by molar-refractivity contribution is 5.43. The Morgan fingerprint density at radius 3 is 2.88 bits per heavy atom. The number of hydrogen-bond acceptors (Lipinski definition) is 4. The molecule has 1 atom stereocenters. The van der Waals surface area contributed by atoms with Crippen LogP contribution in [-0.2, 0) is 6.42 Å². The van der Waals surface area contributed by atoms with Crippen LogP contribution in [0.4, 0.5) is 5.69 Å². The second kappa shape index (κ2) is 7.95. The quantitative estimate of drug-likeness (QED) is 0.611. The van der Waals surface area contributed by atoms with E-state index in [9.17, 15) is 0 Å². The van der Waals surface area contributed by atoms with Gasteiger partial charge in [-0.15, -0.1) is 0 Å². The number of nitrogens with two attached hydrogens (primary N) is 1. The van der Waals surface area contributed by atoms with Gasteiger partial charge in [-0.25, -0.2) is 0 Å². The first-order valence-corrected chi connectivity index (χ1v) is 8.56. The topological polar surface area (TPSA) is 53.7 Å². The lowest BCUT2D eigenvalue weighted by molar-refractivity contribution is 0.157. The van der Waals surface area contributed by atoms with E-state index in [4.69, 9.17) is 19.9 Å². The summed E-state index contributed by atoms with van der Waals surface area (Å²) in [5, 5.41) is 0. The number of methoxy groups -OCH3 is 1. The van der Waals surface area contributed by atoms with E-state index in [0.717, 1.165) is 55.0 Å². The van der Waals surface area contributed by atoms with Crippen molar-refractivity contribution in [2.24, 2.45) is 0 Å². The molecule has 0 spiro atoms. The second-order valence-corrected chi connectivity index (χ2v) is 6.17. The SMILES string of the molecule is COc1ccc2c(c1)OC(CCCCOc1cccc(N)c1)CC2. The maximum Gasteiger partial charge on any atom is 0.126 e. The smallest absolute Gasteiger partial charge is 0.126 e. The molecule has 1 aliphatic heterocycles. The van der Waals surface area contributed by atoms with E-state index in [2.05, 4.69) is 6.07 Å². The summed E-state index contributed by atoms with van der Waals surface area (Å²) in [7, 11) is 1.68. The Morgan fingerprint density at radius 2 is 2.04 bits per heavy atom. The van der Waals surface area contributed by atoms with Gasteiger partial charge in [-0.3, -0.25) is 0 Å². The molecule has 24 heavy (non-hydrogen) atoms. The molecule has 0 aromatic heterocycles. The number of aryl methyl sites for hydroxylation is 1. The molecular formula is C20H25NO3. The number of nitrogen functional groups attached to an aromatic ring is 1. The van der Waals surface area contributed by atoms with Crippen LogP contribution in [0.1, 0.15) is 31.2 Å². The minimum Gasteiger partial charge on any atom is -0.497 e. The molecule has 2 aromatic rings.